The molecule has 1 unspecified atom stereocenters. The summed E-state index contributed by atoms with van der Waals surface area (Å²) in [7, 11) is -3.30. The Morgan fingerprint density at radius 1 is 1.10 bits per heavy atom. The van der Waals surface area contributed by atoms with Crippen molar-refractivity contribution >= 4 is 39.7 Å². The minimum atomic E-state index is -3.30. The smallest absolute Gasteiger partial charge is 0.441 e. The van der Waals surface area contributed by atoms with Crippen LogP contribution in [-0.2, 0) is 29.2 Å². The fourth-order valence-electron chi connectivity index (χ4n) is 4.63. The van der Waals surface area contributed by atoms with E-state index in [4.69, 9.17) is 17.6 Å². The monoisotopic (exact) mass is 561 g/mol. The Kier molecular flexibility index (Phi) is 7.75. The third kappa shape index (κ3) is 5.71. The van der Waals surface area contributed by atoms with Crippen LogP contribution >= 0.6 is 10.6 Å². The lowest BCUT2D eigenvalue weighted by Crippen LogP contribution is -2.38. The molecule has 4 heterocycles. The second-order valence-electron chi connectivity index (χ2n) is 9.97. The van der Waals surface area contributed by atoms with Crippen molar-refractivity contribution in [1.29, 1.82) is 0 Å². The van der Waals surface area contributed by atoms with Gasteiger partial charge < -0.3 is 27.8 Å². The van der Waals surface area contributed by atoms with Crippen molar-refractivity contribution in [3.8, 4) is 5.75 Å². The minimum absolute atomic E-state index is 0.0690. The first-order chi connectivity index (χ1) is 18.7. The average molecular weight is 562 g/mol. The summed E-state index contributed by atoms with van der Waals surface area (Å²) in [4.78, 5) is 54.3. The predicted octanol–water partition coefficient (Wildman–Crippen LogP) is 1.97. The lowest BCUT2D eigenvalue weighted by atomic mass is 9.97. The van der Waals surface area contributed by atoms with Crippen LogP contribution in [0, 0.1) is 5.92 Å². The fraction of sp³-hybridized carbons (Fsp3) is 0.520. The zero-order valence-electron chi connectivity index (χ0n) is 21.7. The van der Waals surface area contributed by atoms with E-state index in [1.807, 2.05) is 13.8 Å². The van der Waals surface area contributed by atoms with Crippen LogP contribution in [0.15, 0.2) is 28.8 Å². The summed E-state index contributed by atoms with van der Waals surface area (Å²) in [5, 5.41) is 7.64. The number of hydrogen-bond donors (Lipinski definition) is 2. The second kappa shape index (κ2) is 11.2. The molecule has 1 aromatic carbocycles. The Hall–Kier alpha value is -3.65. The second-order valence-corrected chi connectivity index (χ2v) is 12.3. The zero-order valence-corrected chi connectivity index (χ0v) is 22.5. The molecule has 14 heteroatoms. The highest BCUT2D eigenvalue weighted by Gasteiger charge is 2.59. The van der Waals surface area contributed by atoms with E-state index in [2.05, 4.69) is 25.7 Å². The quantitative estimate of drug-likeness (QED) is 0.321. The van der Waals surface area contributed by atoms with E-state index in [0.717, 1.165) is 38.3 Å². The molecular weight excluding hydrogens is 530 g/mol. The summed E-state index contributed by atoms with van der Waals surface area (Å²) in [6.45, 7) is 7.94. The van der Waals surface area contributed by atoms with Crippen molar-refractivity contribution in [2.24, 2.45) is 5.92 Å². The standard InChI is InChI=1S/C25H31N5O8S/c1-15(2)20-27-24(36-29-20)30-10-7-17(8-11-30)14-26-9-12-35-18-5-3-16(4-6-18)13-19-21(31)28-25(34)39(19)37-22(32)23(33)38-39/h3-6,15,17,19,26H,7-14H2,1-2H3,(H,28,31,34). The Balaban J connectivity index is 1.02. The largest absolute Gasteiger partial charge is 0.492 e. The molecule has 0 bridgehead atoms. The minimum Gasteiger partial charge on any atom is -0.492 e. The van der Waals surface area contributed by atoms with Gasteiger partial charge in [0.2, 0.25) is 0 Å². The highest BCUT2D eigenvalue weighted by atomic mass is 32.3. The van der Waals surface area contributed by atoms with Crippen molar-refractivity contribution in [3.63, 3.8) is 0 Å². The maximum Gasteiger partial charge on any atom is 0.441 e. The van der Waals surface area contributed by atoms with Crippen molar-refractivity contribution in [2.45, 2.75) is 44.3 Å². The SMILES string of the molecule is CC(C)c1noc(N2CCC(CNCCOc3ccc(CC4C(=O)NC(=O)S45OC(=O)C(=O)O5)cc3)CC2)n1. The topological polar surface area (TPSA) is 162 Å². The summed E-state index contributed by atoms with van der Waals surface area (Å²) >= 11 is 0. The summed E-state index contributed by atoms with van der Waals surface area (Å²) in [6, 6.07) is 7.64. The fourth-order valence-corrected chi connectivity index (χ4v) is 6.88. The molecule has 3 fully saturated rings. The van der Waals surface area contributed by atoms with Crippen LogP contribution < -0.4 is 20.3 Å². The highest BCUT2D eigenvalue weighted by Crippen LogP contribution is 2.62. The molecule has 2 amide bonds. The van der Waals surface area contributed by atoms with E-state index in [0.29, 0.717) is 36.4 Å². The van der Waals surface area contributed by atoms with Crippen molar-refractivity contribution in [2.75, 3.05) is 37.7 Å². The number of carbonyl (C=O) groups excluding carboxylic acids is 4. The summed E-state index contributed by atoms with van der Waals surface area (Å²) < 4.78 is 21.1. The van der Waals surface area contributed by atoms with Crippen LogP contribution in [-0.4, -0.2) is 71.3 Å². The van der Waals surface area contributed by atoms with Crippen molar-refractivity contribution in [1.82, 2.24) is 20.8 Å². The first-order valence-electron chi connectivity index (χ1n) is 12.9. The zero-order chi connectivity index (χ0) is 27.6. The number of carbonyl (C=O) groups is 4. The lowest BCUT2D eigenvalue weighted by molar-refractivity contribution is -0.150. The molecular formula is C25H31N5O8S. The third-order valence-electron chi connectivity index (χ3n) is 6.87. The van der Waals surface area contributed by atoms with Gasteiger partial charge in [0.15, 0.2) is 11.1 Å². The molecule has 210 valence electrons. The first-order valence-corrected chi connectivity index (χ1v) is 14.4. The highest BCUT2D eigenvalue weighted by molar-refractivity contribution is 8.40. The van der Waals surface area contributed by atoms with E-state index < -0.39 is 38.9 Å². The van der Waals surface area contributed by atoms with Gasteiger partial charge in [-0.25, -0.2) is 14.4 Å². The van der Waals surface area contributed by atoms with Gasteiger partial charge in [-0.15, -0.1) is 0 Å². The van der Waals surface area contributed by atoms with E-state index in [1.54, 1.807) is 24.3 Å². The van der Waals surface area contributed by atoms with Gasteiger partial charge in [-0.1, -0.05) is 31.1 Å². The molecule has 0 radical (unpaired) electrons. The maximum atomic E-state index is 12.3. The normalized spacial score (nSPS) is 21.8. The molecule has 0 aliphatic carbocycles. The van der Waals surface area contributed by atoms with Gasteiger partial charge in [-0.3, -0.25) is 10.1 Å². The van der Waals surface area contributed by atoms with E-state index in [1.165, 1.54) is 0 Å². The molecule has 3 aliphatic heterocycles. The van der Waals surface area contributed by atoms with Gasteiger partial charge in [-0.05, 0) is 53.6 Å². The number of rotatable bonds is 10. The number of anilines is 1. The van der Waals surface area contributed by atoms with Gasteiger partial charge in [0.1, 0.15) is 12.4 Å². The van der Waals surface area contributed by atoms with Gasteiger partial charge in [-0.2, -0.15) is 4.98 Å². The molecule has 3 aliphatic rings. The van der Waals surface area contributed by atoms with Crippen LogP contribution in [0.1, 0.15) is 44.0 Å². The number of amides is 2. The van der Waals surface area contributed by atoms with E-state index in [9.17, 15) is 19.2 Å². The number of nitrogens with one attached hydrogen (secondary N) is 2. The molecule has 1 aromatic heterocycles. The van der Waals surface area contributed by atoms with Crippen LogP contribution in [0.2, 0.25) is 0 Å². The molecule has 5 rings (SSSR count). The van der Waals surface area contributed by atoms with Crippen molar-refractivity contribution in [3.05, 3.63) is 35.7 Å². The number of benzene rings is 1. The molecule has 1 atom stereocenters. The molecule has 13 nitrogen and oxygen atoms in total. The Morgan fingerprint density at radius 2 is 1.79 bits per heavy atom. The van der Waals surface area contributed by atoms with Crippen LogP contribution in [0.3, 0.4) is 0 Å². The molecule has 0 saturated carbocycles. The van der Waals surface area contributed by atoms with Gasteiger partial charge in [0.25, 0.3) is 5.91 Å². The van der Waals surface area contributed by atoms with Gasteiger partial charge in [0.05, 0.1) is 0 Å². The summed E-state index contributed by atoms with van der Waals surface area (Å²) in [5.41, 5.74) is 0.702. The lowest BCUT2D eigenvalue weighted by Gasteiger charge is -2.31. The molecule has 2 aromatic rings. The molecule has 2 N–H and O–H groups in total. The number of ether oxygens (including phenoxy) is 1. The third-order valence-corrected chi connectivity index (χ3v) is 9.42. The van der Waals surface area contributed by atoms with E-state index >= 15 is 0 Å². The first kappa shape index (κ1) is 26.9. The number of aromatic nitrogens is 2. The molecule has 1 spiro atoms. The van der Waals surface area contributed by atoms with E-state index in [-0.39, 0.29) is 12.3 Å². The van der Waals surface area contributed by atoms with Crippen LogP contribution in [0.25, 0.3) is 0 Å². The Morgan fingerprint density at radius 3 is 2.44 bits per heavy atom. The average Bonchev–Trinajstić information content (AvgIpc) is 3.59. The molecule has 39 heavy (non-hydrogen) atoms. The summed E-state index contributed by atoms with van der Waals surface area (Å²) in [5.74, 6) is -0.951. The number of piperidine rings is 1. The molecule has 3 saturated heterocycles. The van der Waals surface area contributed by atoms with Gasteiger partial charge in [0, 0.05) is 32.0 Å². The number of hydrogen-bond acceptors (Lipinski definition) is 12. The van der Waals surface area contributed by atoms with Crippen LogP contribution in [0.5, 0.6) is 5.75 Å². The van der Waals surface area contributed by atoms with Crippen molar-refractivity contribution < 1.29 is 36.8 Å². The van der Waals surface area contributed by atoms with Gasteiger partial charge >= 0.3 is 23.2 Å². The number of nitrogens with zero attached hydrogens (tertiary/aromatic N) is 3. The Labute approximate surface area is 226 Å². The predicted molar refractivity (Wildman–Crippen MR) is 139 cm³/mol. The number of imide groups is 1. The summed E-state index contributed by atoms with van der Waals surface area (Å²) in [6.07, 6.45) is 2.15. The Bertz CT molecular complexity index is 1230. The maximum absolute atomic E-state index is 12.3. The van der Waals surface area contributed by atoms with Crippen LogP contribution in [0.4, 0.5) is 10.8 Å².